The van der Waals surface area contributed by atoms with Crippen LogP contribution in [0.25, 0.3) is 0 Å². The third-order valence-corrected chi connectivity index (χ3v) is 3.22. The van der Waals surface area contributed by atoms with Crippen LogP contribution in [-0.2, 0) is 9.59 Å². The lowest BCUT2D eigenvalue weighted by molar-refractivity contribution is -0.138. The summed E-state index contributed by atoms with van der Waals surface area (Å²) in [6.07, 6.45) is 0.772. The van der Waals surface area contributed by atoms with Gasteiger partial charge < -0.3 is 15.3 Å². The normalized spacial score (nSPS) is 10.0. The van der Waals surface area contributed by atoms with Gasteiger partial charge in [0, 0.05) is 31.6 Å². The van der Waals surface area contributed by atoms with Crippen LogP contribution in [0.15, 0.2) is 30.3 Å². The minimum atomic E-state index is -0.915. The zero-order valence-electron chi connectivity index (χ0n) is 12.7. The summed E-state index contributed by atoms with van der Waals surface area (Å²) in [6, 6.07) is 8.88. The average molecular weight is 306 g/mol. The fourth-order valence-electron chi connectivity index (χ4n) is 1.98. The van der Waals surface area contributed by atoms with Gasteiger partial charge in [0.05, 0.1) is 6.42 Å². The zero-order chi connectivity index (χ0) is 16.4. The molecule has 0 aliphatic heterocycles. The summed E-state index contributed by atoms with van der Waals surface area (Å²) in [5.74, 6) is -1.16. The summed E-state index contributed by atoms with van der Waals surface area (Å²) < 4.78 is 0. The van der Waals surface area contributed by atoms with Crippen molar-refractivity contribution in [3.05, 3.63) is 35.9 Å². The highest BCUT2D eigenvalue weighted by molar-refractivity contribution is 5.94. The molecule has 0 aromatic heterocycles. The number of aliphatic carboxylic acids is 1. The smallest absolute Gasteiger partial charge is 0.305 e. The van der Waals surface area contributed by atoms with E-state index in [-0.39, 0.29) is 24.8 Å². The molecule has 120 valence electrons. The number of hydrogen-bond acceptors (Lipinski definition) is 3. The second kappa shape index (κ2) is 9.55. The lowest BCUT2D eigenvalue weighted by Gasteiger charge is -2.19. The predicted molar refractivity (Wildman–Crippen MR) is 82.5 cm³/mol. The molecule has 0 aliphatic carbocycles. The van der Waals surface area contributed by atoms with Crippen LogP contribution in [-0.4, -0.2) is 47.4 Å². The summed E-state index contributed by atoms with van der Waals surface area (Å²) in [5.41, 5.74) is 0.588. The Kier molecular flexibility index (Phi) is 7.67. The molecule has 0 aliphatic rings. The van der Waals surface area contributed by atoms with Crippen molar-refractivity contribution in [2.24, 2.45) is 0 Å². The number of carbonyl (C=O) groups is 3. The molecular weight excluding hydrogens is 284 g/mol. The molecule has 2 amide bonds. The molecule has 0 saturated carbocycles. The van der Waals surface area contributed by atoms with Crippen LogP contribution in [0.4, 0.5) is 0 Å². The summed E-state index contributed by atoms with van der Waals surface area (Å²) in [4.78, 5) is 35.8. The average Bonchev–Trinajstić information content (AvgIpc) is 2.52. The maximum absolute atomic E-state index is 11.9. The Bertz CT molecular complexity index is 502. The van der Waals surface area contributed by atoms with Crippen molar-refractivity contribution in [1.29, 1.82) is 0 Å². The van der Waals surface area contributed by atoms with Crippen molar-refractivity contribution < 1.29 is 19.5 Å². The molecule has 0 radical (unpaired) electrons. The predicted octanol–water partition coefficient (Wildman–Crippen LogP) is 1.52. The largest absolute Gasteiger partial charge is 0.481 e. The van der Waals surface area contributed by atoms with Crippen LogP contribution in [0.3, 0.4) is 0 Å². The highest BCUT2D eigenvalue weighted by Gasteiger charge is 2.12. The Morgan fingerprint density at radius 3 is 2.41 bits per heavy atom. The summed E-state index contributed by atoms with van der Waals surface area (Å²) >= 11 is 0. The topological polar surface area (TPSA) is 86.7 Å². The number of carboxylic acid groups (broad SMARTS) is 1. The Balaban J connectivity index is 2.26. The maximum Gasteiger partial charge on any atom is 0.305 e. The van der Waals surface area contributed by atoms with E-state index in [1.54, 1.807) is 24.3 Å². The number of carbonyl (C=O) groups excluding carboxylic acids is 2. The molecule has 0 fully saturated rings. The van der Waals surface area contributed by atoms with Crippen LogP contribution >= 0.6 is 0 Å². The van der Waals surface area contributed by atoms with E-state index in [2.05, 4.69) is 5.32 Å². The first-order chi connectivity index (χ1) is 10.5. The number of nitrogens with one attached hydrogen (secondary N) is 1. The number of amides is 2. The molecular formula is C16H22N2O4. The molecule has 1 rings (SSSR count). The Morgan fingerprint density at radius 2 is 1.82 bits per heavy atom. The number of hydrogen-bond donors (Lipinski definition) is 2. The molecule has 0 heterocycles. The summed E-state index contributed by atoms with van der Waals surface area (Å²) in [7, 11) is 0. The molecule has 6 heteroatoms. The third-order valence-electron chi connectivity index (χ3n) is 3.22. The third kappa shape index (κ3) is 6.39. The maximum atomic E-state index is 11.9. The first-order valence-corrected chi connectivity index (χ1v) is 7.37. The monoisotopic (exact) mass is 306 g/mol. The van der Waals surface area contributed by atoms with E-state index in [4.69, 9.17) is 5.11 Å². The van der Waals surface area contributed by atoms with E-state index in [1.807, 2.05) is 13.0 Å². The highest BCUT2D eigenvalue weighted by Crippen LogP contribution is 2.01. The summed E-state index contributed by atoms with van der Waals surface area (Å²) in [6.45, 7) is 2.94. The van der Waals surface area contributed by atoms with Gasteiger partial charge in [-0.1, -0.05) is 18.2 Å². The minimum Gasteiger partial charge on any atom is -0.481 e. The molecule has 1 aromatic rings. The van der Waals surface area contributed by atoms with E-state index in [9.17, 15) is 14.4 Å². The molecule has 0 saturated heterocycles. The van der Waals surface area contributed by atoms with Crippen molar-refractivity contribution in [2.75, 3.05) is 19.6 Å². The van der Waals surface area contributed by atoms with Crippen LogP contribution in [0.5, 0.6) is 0 Å². The number of rotatable bonds is 9. The van der Waals surface area contributed by atoms with E-state index in [1.165, 1.54) is 4.90 Å². The quantitative estimate of drug-likeness (QED) is 0.677. The lowest BCUT2D eigenvalue weighted by Crippen LogP contribution is -2.33. The first-order valence-electron chi connectivity index (χ1n) is 7.37. The molecule has 22 heavy (non-hydrogen) atoms. The van der Waals surface area contributed by atoms with Crippen molar-refractivity contribution >= 4 is 17.8 Å². The SMILES string of the molecule is CCN(CCC(=O)O)C(=O)CCCNC(=O)c1ccccc1. The molecule has 6 nitrogen and oxygen atoms in total. The fraction of sp³-hybridized carbons (Fsp3) is 0.438. The van der Waals surface area contributed by atoms with E-state index in [0.717, 1.165) is 0 Å². The Morgan fingerprint density at radius 1 is 1.14 bits per heavy atom. The van der Waals surface area contributed by atoms with E-state index >= 15 is 0 Å². The van der Waals surface area contributed by atoms with E-state index in [0.29, 0.717) is 31.5 Å². The number of carboxylic acids is 1. The van der Waals surface area contributed by atoms with Gasteiger partial charge in [-0.15, -0.1) is 0 Å². The Hall–Kier alpha value is -2.37. The van der Waals surface area contributed by atoms with Gasteiger partial charge in [-0.2, -0.15) is 0 Å². The van der Waals surface area contributed by atoms with Crippen LogP contribution < -0.4 is 5.32 Å². The van der Waals surface area contributed by atoms with Gasteiger partial charge in [0.1, 0.15) is 0 Å². The van der Waals surface area contributed by atoms with Gasteiger partial charge in [-0.05, 0) is 25.5 Å². The van der Waals surface area contributed by atoms with Gasteiger partial charge >= 0.3 is 5.97 Å². The van der Waals surface area contributed by atoms with Crippen molar-refractivity contribution in [1.82, 2.24) is 10.2 Å². The van der Waals surface area contributed by atoms with Crippen molar-refractivity contribution in [3.8, 4) is 0 Å². The summed E-state index contributed by atoms with van der Waals surface area (Å²) in [5, 5.41) is 11.4. The van der Waals surface area contributed by atoms with Gasteiger partial charge in [-0.25, -0.2) is 0 Å². The number of nitrogens with zero attached hydrogens (tertiary/aromatic N) is 1. The van der Waals surface area contributed by atoms with Crippen molar-refractivity contribution in [2.45, 2.75) is 26.2 Å². The second-order valence-corrected chi connectivity index (χ2v) is 4.84. The van der Waals surface area contributed by atoms with Gasteiger partial charge in [0.2, 0.25) is 5.91 Å². The Labute approximate surface area is 130 Å². The molecule has 0 bridgehead atoms. The molecule has 1 aromatic carbocycles. The van der Waals surface area contributed by atoms with Crippen LogP contribution in [0, 0.1) is 0 Å². The first kappa shape index (κ1) is 17.7. The molecule has 0 atom stereocenters. The highest BCUT2D eigenvalue weighted by atomic mass is 16.4. The van der Waals surface area contributed by atoms with Gasteiger partial charge in [0.15, 0.2) is 0 Å². The fourth-order valence-corrected chi connectivity index (χ4v) is 1.98. The standard InChI is InChI=1S/C16H22N2O4/c1-2-18(12-10-15(20)21)14(19)9-6-11-17-16(22)13-7-4-3-5-8-13/h3-5,7-8H,2,6,9-12H2,1H3,(H,17,22)(H,20,21). The van der Waals surface area contributed by atoms with E-state index < -0.39 is 5.97 Å². The zero-order valence-corrected chi connectivity index (χ0v) is 12.7. The molecule has 2 N–H and O–H groups in total. The minimum absolute atomic E-state index is 0.0513. The lowest BCUT2D eigenvalue weighted by atomic mass is 10.2. The van der Waals surface area contributed by atoms with Gasteiger partial charge in [0.25, 0.3) is 5.91 Å². The van der Waals surface area contributed by atoms with Gasteiger partial charge in [-0.3, -0.25) is 14.4 Å². The van der Waals surface area contributed by atoms with Crippen LogP contribution in [0.2, 0.25) is 0 Å². The second-order valence-electron chi connectivity index (χ2n) is 4.84. The molecule has 0 unspecified atom stereocenters. The molecule has 0 spiro atoms. The number of benzene rings is 1. The van der Waals surface area contributed by atoms with Crippen molar-refractivity contribution in [3.63, 3.8) is 0 Å². The van der Waals surface area contributed by atoms with Crippen LogP contribution in [0.1, 0.15) is 36.5 Å².